The molecule has 0 saturated heterocycles. The second-order valence-corrected chi connectivity index (χ2v) is 6.22. The molecule has 0 bridgehead atoms. The summed E-state index contributed by atoms with van der Waals surface area (Å²) in [7, 11) is 0. The maximum atomic E-state index is 12.1. The smallest absolute Gasteiger partial charge is 0.261 e. The summed E-state index contributed by atoms with van der Waals surface area (Å²) in [6.45, 7) is 5.30. The highest BCUT2D eigenvalue weighted by atomic mass is 32.1. The van der Waals surface area contributed by atoms with Crippen LogP contribution >= 0.6 is 11.3 Å². The first-order valence-electron chi connectivity index (χ1n) is 6.68. The fourth-order valence-electron chi connectivity index (χ4n) is 2.04. The van der Waals surface area contributed by atoms with Crippen LogP contribution in [0.15, 0.2) is 6.07 Å². The third-order valence-corrected chi connectivity index (χ3v) is 4.93. The molecule has 102 valence electrons. The van der Waals surface area contributed by atoms with Crippen molar-refractivity contribution in [2.24, 2.45) is 11.1 Å². The van der Waals surface area contributed by atoms with Crippen LogP contribution in [-0.4, -0.2) is 19.0 Å². The van der Waals surface area contributed by atoms with Gasteiger partial charge in [0, 0.05) is 6.54 Å². The molecule has 2 rings (SSSR count). The van der Waals surface area contributed by atoms with Gasteiger partial charge in [0.1, 0.15) is 0 Å². The lowest BCUT2D eigenvalue weighted by molar-refractivity contribution is 0.0948. The van der Waals surface area contributed by atoms with E-state index >= 15 is 0 Å². The minimum atomic E-state index is 0.0219. The van der Waals surface area contributed by atoms with Crippen molar-refractivity contribution in [1.29, 1.82) is 0 Å². The summed E-state index contributed by atoms with van der Waals surface area (Å²) in [6, 6.07) is 1.91. The molecular formula is C15H20N2OS. The first-order valence-corrected chi connectivity index (χ1v) is 7.49. The predicted molar refractivity (Wildman–Crippen MR) is 79.3 cm³/mol. The Kier molecular flexibility index (Phi) is 4.28. The molecule has 1 aliphatic rings. The molecule has 0 unspecified atom stereocenters. The molecule has 0 atom stereocenters. The molecule has 19 heavy (non-hydrogen) atoms. The van der Waals surface area contributed by atoms with Crippen LogP contribution < -0.4 is 11.1 Å². The summed E-state index contributed by atoms with van der Waals surface area (Å²) in [4.78, 5) is 13.8. The van der Waals surface area contributed by atoms with Crippen molar-refractivity contribution in [1.82, 2.24) is 5.32 Å². The van der Waals surface area contributed by atoms with E-state index in [4.69, 9.17) is 5.73 Å². The molecule has 0 spiro atoms. The molecule has 1 fully saturated rings. The second kappa shape index (κ2) is 5.77. The van der Waals surface area contributed by atoms with Gasteiger partial charge >= 0.3 is 0 Å². The number of nitrogens with two attached hydrogens (primary N) is 1. The lowest BCUT2D eigenvalue weighted by atomic mass is 10.0. The third-order valence-electron chi connectivity index (χ3n) is 3.78. The van der Waals surface area contributed by atoms with E-state index in [1.165, 1.54) is 24.2 Å². The normalized spacial score (nSPS) is 15.5. The van der Waals surface area contributed by atoms with Gasteiger partial charge < -0.3 is 11.1 Å². The van der Waals surface area contributed by atoms with Crippen LogP contribution in [0.1, 0.15) is 46.3 Å². The number of rotatable bonds is 4. The molecule has 0 aliphatic heterocycles. The Balaban J connectivity index is 1.99. The molecule has 1 aromatic rings. The molecule has 3 nitrogen and oxygen atoms in total. The van der Waals surface area contributed by atoms with Gasteiger partial charge in [-0.15, -0.1) is 11.3 Å². The topological polar surface area (TPSA) is 55.1 Å². The number of nitrogens with one attached hydrogen (secondary N) is 1. The molecule has 1 heterocycles. The van der Waals surface area contributed by atoms with E-state index in [2.05, 4.69) is 24.1 Å². The van der Waals surface area contributed by atoms with Crippen LogP contribution in [-0.2, 0) is 0 Å². The maximum absolute atomic E-state index is 12.1. The summed E-state index contributed by atoms with van der Waals surface area (Å²) in [5.41, 5.74) is 6.79. The summed E-state index contributed by atoms with van der Waals surface area (Å²) in [5, 5.41) is 3.05. The minimum Gasteiger partial charge on any atom is -0.351 e. The number of aryl methyl sites for hydroxylation is 1. The lowest BCUT2D eigenvalue weighted by Gasteiger charge is -2.12. The summed E-state index contributed by atoms with van der Waals surface area (Å²) < 4.78 is 0. The van der Waals surface area contributed by atoms with Crippen molar-refractivity contribution < 1.29 is 4.79 Å². The highest BCUT2D eigenvalue weighted by molar-refractivity contribution is 7.14. The van der Waals surface area contributed by atoms with E-state index in [9.17, 15) is 4.79 Å². The van der Waals surface area contributed by atoms with E-state index in [1.54, 1.807) is 0 Å². The van der Waals surface area contributed by atoms with E-state index in [0.29, 0.717) is 12.0 Å². The van der Waals surface area contributed by atoms with Crippen molar-refractivity contribution in [3.63, 3.8) is 0 Å². The standard InChI is InChI=1S/C15H20N2OS/c1-3-15(6-7-15)10-17-14(18)13-9-11(2)12(19-13)5-4-8-16/h9H,3,6-8,10,16H2,1-2H3,(H,17,18). The van der Waals surface area contributed by atoms with Gasteiger partial charge in [-0.3, -0.25) is 4.79 Å². The van der Waals surface area contributed by atoms with Crippen molar-refractivity contribution in [2.75, 3.05) is 13.1 Å². The molecule has 0 radical (unpaired) electrons. The summed E-state index contributed by atoms with van der Waals surface area (Å²) in [6.07, 6.45) is 3.62. The zero-order valence-electron chi connectivity index (χ0n) is 11.5. The Bertz CT molecular complexity index is 532. The number of hydrogen-bond acceptors (Lipinski definition) is 3. The Hall–Kier alpha value is -1.31. The minimum absolute atomic E-state index is 0.0219. The average molecular weight is 276 g/mol. The van der Waals surface area contributed by atoms with Crippen molar-refractivity contribution in [3.05, 3.63) is 21.4 Å². The van der Waals surface area contributed by atoms with Gasteiger partial charge in [-0.05, 0) is 43.2 Å². The first kappa shape index (κ1) is 14.1. The van der Waals surface area contributed by atoms with E-state index in [1.807, 2.05) is 13.0 Å². The van der Waals surface area contributed by atoms with Gasteiger partial charge in [0.2, 0.25) is 0 Å². The number of carbonyl (C=O) groups excluding carboxylic acids is 1. The number of amides is 1. The number of carbonyl (C=O) groups is 1. The van der Waals surface area contributed by atoms with E-state index in [0.717, 1.165) is 28.3 Å². The second-order valence-electron chi connectivity index (χ2n) is 5.16. The molecule has 0 aromatic carbocycles. The van der Waals surface area contributed by atoms with Gasteiger partial charge in [-0.1, -0.05) is 18.8 Å². The van der Waals surface area contributed by atoms with Gasteiger partial charge in [-0.25, -0.2) is 0 Å². The maximum Gasteiger partial charge on any atom is 0.261 e. The highest BCUT2D eigenvalue weighted by Crippen LogP contribution is 2.47. The molecule has 4 heteroatoms. The van der Waals surface area contributed by atoms with Crippen LogP contribution in [0.4, 0.5) is 0 Å². The summed E-state index contributed by atoms with van der Waals surface area (Å²) >= 11 is 1.44. The van der Waals surface area contributed by atoms with Crippen LogP contribution in [0.5, 0.6) is 0 Å². The van der Waals surface area contributed by atoms with Gasteiger partial charge in [0.15, 0.2) is 0 Å². The van der Waals surface area contributed by atoms with E-state index in [-0.39, 0.29) is 5.91 Å². The first-order chi connectivity index (χ1) is 9.10. The Morgan fingerprint density at radius 3 is 2.89 bits per heavy atom. The zero-order chi connectivity index (χ0) is 13.9. The quantitative estimate of drug-likeness (QED) is 0.829. The molecular weight excluding hydrogens is 256 g/mol. The van der Waals surface area contributed by atoms with Gasteiger partial charge in [0.05, 0.1) is 16.3 Å². The Labute approximate surface area is 118 Å². The van der Waals surface area contributed by atoms with Gasteiger partial charge in [0.25, 0.3) is 5.91 Å². The van der Waals surface area contributed by atoms with Crippen LogP contribution in [0.3, 0.4) is 0 Å². The fourth-order valence-corrected chi connectivity index (χ4v) is 3.00. The third kappa shape index (κ3) is 3.37. The van der Waals surface area contributed by atoms with Crippen molar-refractivity contribution >= 4 is 17.2 Å². The van der Waals surface area contributed by atoms with E-state index < -0.39 is 0 Å². The average Bonchev–Trinajstić information content (AvgIpc) is 3.11. The SMILES string of the molecule is CCC1(CNC(=O)c2cc(C)c(C#CCN)s2)CC1. The zero-order valence-corrected chi connectivity index (χ0v) is 12.3. The van der Waals surface area contributed by atoms with Crippen LogP contribution in [0.25, 0.3) is 0 Å². The van der Waals surface area contributed by atoms with Crippen LogP contribution in [0.2, 0.25) is 0 Å². The molecule has 3 N–H and O–H groups in total. The largest absolute Gasteiger partial charge is 0.351 e. The van der Waals surface area contributed by atoms with Gasteiger partial charge in [-0.2, -0.15) is 0 Å². The lowest BCUT2D eigenvalue weighted by Crippen LogP contribution is -2.29. The fraction of sp³-hybridized carbons (Fsp3) is 0.533. The molecule has 1 amide bonds. The van der Waals surface area contributed by atoms with Crippen molar-refractivity contribution in [2.45, 2.75) is 33.1 Å². The Morgan fingerprint density at radius 1 is 1.58 bits per heavy atom. The monoisotopic (exact) mass is 276 g/mol. The van der Waals surface area contributed by atoms with Crippen molar-refractivity contribution in [3.8, 4) is 11.8 Å². The number of hydrogen-bond donors (Lipinski definition) is 2. The predicted octanol–water partition coefficient (Wildman–Crippen LogP) is 2.29. The highest BCUT2D eigenvalue weighted by Gasteiger charge is 2.40. The van der Waals surface area contributed by atoms with Crippen LogP contribution in [0, 0.1) is 24.2 Å². The molecule has 1 aliphatic carbocycles. The molecule has 1 saturated carbocycles. The molecule has 1 aromatic heterocycles. The summed E-state index contributed by atoms with van der Waals surface area (Å²) in [5.74, 6) is 5.86. The Morgan fingerprint density at radius 2 is 2.32 bits per heavy atom. The number of thiophene rings is 1.